The highest BCUT2D eigenvalue weighted by molar-refractivity contribution is 7.90. The van der Waals surface area contributed by atoms with Gasteiger partial charge in [-0.05, 0) is 26.0 Å². The van der Waals surface area contributed by atoms with Gasteiger partial charge in [-0.15, -0.1) is 0 Å². The van der Waals surface area contributed by atoms with Crippen molar-refractivity contribution in [2.75, 3.05) is 0 Å². The van der Waals surface area contributed by atoms with Crippen LogP contribution in [-0.2, 0) is 14.8 Å². The molecule has 7 heteroatoms. The Labute approximate surface area is 99.7 Å². The third-order valence-electron chi connectivity index (χ3n) is 2.29. The standard InChI is InChI=1S/C10H14N2O4S/c1-7(9-5-3-4-6-11-9)12-17(15,16)8(2)10(13)14/h3-8,12H,1-2H3,(H,13,14). The fraction of sp³-hybridized carbons (Fsp3) is 0.400. The molecule has 2 N–H and O–H groups in total. The number of hydrogen-bond acceptors (Lipinski definition) is 4. The van der Waals surface area contributed by atoms with Crippen molar-refractivity contribution in [3.8, 4) is 0 Å². The van der Waals surface area contributed by atoms with Gasteiger partial charge in [0.2, 0.25) is 10.0 Å². The van der Waals surface area contributed by atoms with E-state index in [1.54, 1.807) is 31.3 Å². The maximum absolute atomic E-state index is 11.6. The molecular weight excluding hydrogens is 244 g/mol. The van der Waals surface area contributed by atoms with Crippen LogP contribution in [0.15, 0.2) is 24.4 Å². The molecule has 0 spiro atoms. The van der Waals surface area contributed by atoms with E-state index in [-0.39, 0.29) is 0 Å². The van der Waals surface area contributed by atoms with Gasteiger partial charge in [0.1, 0.15) is 0 Å². The Hall–Kier alpha value is -1.47. The first-order valence-electron chi connectivity index (χ1n) is 4.99. The van der Waals surface area contributed by atoms with Gasteiger partial charge in [-0.3, -0.25) is 9.78 Å². The molecule has 94 valence electrons. The number of pyridine rings is 1. The SMILES string of the molecule is CC(NS(=O)(=O)C(C)C(=O)O)c1ccccn1. The van der Waals surface area contributed by atoms with E-state index in [4.69, 9.17) is 5.11 Å². The summed E-state index contributed by atoms with van der Waals surface area (Å²) in [5.74, 6) is -1.38. The molecule has 0 aliphatic heterocycles. The summed E-state index contributed by atoms with van der Waals surface area (Å²) in [7, 11) is -3.90. The molecule has 0 bridgehead atoms. The minimum absolute atomic E-state index is 0.536. The molecule has 0 radical (unpaired) electrons. The van der Waals surface area contributed by atoms with Crippen LogP contribution in [0.3, 0.4) is 0 Å². The van der Waals surface area contributed by atoms with Crippen LogP contribution >= 0.6 is 0 Å². The highest BCUT2D eigenvalue weighted by atomic mass is 32.2. The van der Waals surface area contributed by atoms with Crippen LogP contribution in [0.1, 0.15) is 25.6 Å². The summed E-state index contributed by atoms with van der Waals surface area (Å²) in [5.41, 5.74) is 0.536. The molecule has 0 saturated carbocycles. The second kappa shape index (κ2) is 5.24. The minimum atomic E-state index is -3.90. The first kappa shape index (κ1) is 13.6. The molecular formula is C10H14N2O4S. The van der Waals surface area contributed by atoms with Gasteiger partial charge in [-0.1, -0.05) is 6.07 Å². The van der Waals surface area contributed by atoms with Gasteiger partial charge in [-0.2, -0.15) is 0 Å². The number of nitrogens with one attached hydrogen (secondary N) is 1. The van der Waals surface area contributed by atoms with Crippen LogP contribution in [0.4, 0.5) is 0 Å². The van der Waals surface area contributed by atoms with Gasteiger partial charge in [0.25, 0.3) is 0 Å². The van der Waals surface area contributed by atoms with Crippen molar-refractivity contribution in [2.45, 2.75) is 25.1 Å². The Balaban J connectivity index is 2.82. The number of hydrogen-bond donors (Lipinski definition) is 2. The summed E-state index contributed by atoms with van der Waals surface area (Å²) in [4.78, 5) is 14.6. The number of carboxylic acids is 1. The first-order valence-corrected chi connectivity index (χ1v) is 6.54. The predicted molar refractivity (Wildman–Crippen MR) is 61.8 cm³/mol. The van der Waals surface area contributed by atoms with E-state index in [2.05, 4.69) is 9.71 Å². The van der Waals surface area contributed by atoms with Crippen LogP contribution in [0.25, 0.3) is 0 Å². The lowest BCUT2D eigenvalue weighted by atomic mass is 10.2. The molecule has 17 heavy (non-hydrogen) atoms. The zero-order valence-electron chi connectivity index (χ0n) is 9.49. The van der Waals surface area contributed by atoms with Crippen molar-refractivity contribution >= 4 is 16.0 Å². The van der Waals surface area contributed by atoms with Crippen molar-refractivity contribution in [1.82, 2.24) is 9.71 Å². The number of nitrogens with zero attached hydrogens (tertiary/aromatic N) is 1. The van der Waals surface area contributed by atoms with E-state index in [0.717, 1.165) is 6.92 Å². The summed E-state index contributed by atoms with van der Waals surface area (Å²) in [5, 5.41) is 7.17. The smallest absolute Gasteiger partial charge is 0.323 e. The van der Waals surface area contributed by atoms with Gasteiger partial charge in [0.05, 0.1) is 11.7 Å². The average molecular weight is 258 g/mol. The number of rotatable bonds is 5. The zero-order valence-corrected chi connectivity index (χ0v) is 10.3. The van der Waals surface area contributed by atoms with E-state index in [9.17, 15) is 13.2 Å². The Kier molecular flexibility index (Phi) is 4.19. The zero-order chi connectivity index (χ0) is 13.1. The average Bonchev–Trinajstić information content (AvgIpc) is 2.28. The summed E-state index contributed by atoms with van der Waals surface area (Å²) in [6.07, 6.45) is 1.54. The van der Waals surface area contributed by atoms with Crippen molar-refractivity contribution in [2.24, 2.45) is 0 Å². The molecule has 0 fully saturated rings. The van der Waals surface area contributed by atoms with Crippen LogP contribution in [0.2, 0.25) is 0 Å². The molecule has 0 aliphatic carbocycles. The number of sulfonamides is 1. The van der Waals surface area contributed by atoms with Crippen molar-refractivity contribution in [3.63, 3.8) is 0 Å². The monoisotopic (exact) mass is 258 g/mol. The van der Waals surface area contributed by atoms with Crippen molar-refractivity contribution in [3.05, 3.63) is 30.1 Å². The van der Waals surface area contributed by atoms with E-state index < -0.39 is 27.3 Å². The molecule has 1 heterocycles. The lowest BCUT2D eigenvalue weighted by molar-refractivity contribution is -0.136. The third kappa shape index (κ3) is 3.50. The number of aliphatic carboxylic acids is 1. The molecule has 1 aromatic rings. The number of carbonyl (C=O) groups is 1. The Morgan fingerprint density at radius 1 is 1.41 bits per heavy atom. The van der Waals surface area contributed by atoms with Crippen molar-refractivity contribution < 1.29 is 18.3 Å². The van der Waals surface area contributed by atoms with E-state index >= 15 is 0 Å². The van der Waals surface area contributed by atoms with Crippen LogP contribution in [0, 0.1) is 0 Å². The van der Waals surface area contributed by atoms with E-state index in [1.165, 1.54) is 0 Å². The molecule has 0 amide bonds. The second-order valence-corrected chi connectivity index (χ2v) is 5.65. The Bertz CT molecular complexity index is 486. The summed E-state index contributed by atoms with van der Waals surface area (Å²) in [6.45, 7) is 2.73. The molecule has 2 unspecified atom stereocenters. The largest absolute Gasteiger partial charge is 0.480 e. The summed E-state index contributed by atoms with van der Waals surface area (Å²) in [6, 6.07) is 4.54. The Morgan fingerprint density at radius 3 is 2.53 bits per heavy atom. The molecule has 1 aromatic heterocycles. The molecule has 0 saturated heterocycles. The first-order chi connectivity index (χ1) is 7.84. The highest BCUT2D eigenvalue weighted by Gasteiger charge is 2.29. The quantitative estimate of drug-likeness (QED) is 0.803. The minimum Gasteiger partial charge on any atom is -0.480 e. The number of aromatic nitrogens is 1. The maximum atomic E-state index is 11.6. The third-order valence-corrected chi connectivity index (χ3v) is 4.10. The lowest BCUT2D eigenvalue weighted by Gasteiger charge is -2.15. The summed E-state index contributed by atoms with van der Waals surface area (Å²) < 4.78 is 25.6. The topological polar surface area (TPSA) is 96.4 Å². The van der Waals surface area contributed by atoms with Gasteiger partial charge in [-0.25, -0.2) is 13.1 Å². The normalized spacial score (nSPS) is 15.2. The fourth-order valence-electron chi connectivity index (χ4n) is 1.17. The van der Waals surface area contributed by atoms with Gasteiger partial charge in [0.15, 0.2) is 5.25 Å². The molecule has 0 aliphatic rings. The van der Waals surface area contributed by atoms with Gasteiger partial charge in [0, 0.05) is 6.20 Å². The fourth-order valence-corrected chi connectivity index (χ4v) is 2.26. The van der Waals surface area contributed by atoms with Gasteiger partial charge < -0.3 is 5.11 Å². The molecule has 0 aromatic carbocycles. The van der Waals surface area contributed by atoms with Crippen molar-refractivity contribution in [1.29, 1.82) is 0 Å². The molecule has 1 rings (SSSR count). The maximum Gasteiger partial charge on any atom is 0.323 e. The predicted octanol–water partition coefficient (Wildman–Crippen LogP) is 0.535. The van der Waals surface area contributed by atoms with Crippen LogP contribution in [0.5, 0.6) is 0 Å². The van der Waals surface area contributed by atoms with Gasteiger partial charge >= 0.3 is 5.97 Å². The lowest BCUT2D eigenvalue weighted by Crippen LogP contribution is -2.38. The number of carboxylic acid groups (broad SMARTS) is 1. The summed E-state index contributed by atoms with van der Waals surface area (Å²) >= 11 is 0. The Morgan fingerprint density at radius 2 is 2.06 bits per heavy atom. The van der Waals surface area contributed by atoms with E-state index in [0.29, 0.717) is 5.69 Å². The second-order valence-electron chi connectivity index (χ2n) is 3.62. The molecule has 6 nitrogen and oxygen atoms in total. The molecule has 2 atom stereocenters. The van der Waals surface area contributed by atoms with E-state index in [1.807, 2.05) is 0 Å². The van der Waals surface area contributed by atoms with Crippen LogP contribution < -0.4 is 4.72 Å². The van der Waals surface area contributed by atoms with Crippen LogP contribution in [-0.4, -0.2) is 29.7 Å². The highest BCUT2D eigenvalue weighted by Crippen LogP contribution is 2.11.